The highest BCUT2D eigenvalue weighted by molar-refractivity contribution is 5.80. The summed E-state index contributed by atoms with van der Waals surface area (Å²) in [6.07, 6.45) is 3.17. The number of hydrogen-bond donors (Lipinski definition) is 2. The van der Waals surface area contributed by atoms with Gasteiger partial charge in [0.25, 0.3) is 0 Å². The molecule has 17 heavy (non-hydrogen) atoms. The maximum Gasteiger partial charge on any atom is 0.328 e. The second kappa shape index (κ2) is 5.75. The van der Waals surface area contributed by atoms with Gasteiger partial charge in [0.05, 0.1) is 6.61 Å². The van der Waals surface area contributed by atoms with E-state index in [2.05, 4.69) is 10.3 Å². The van der Waals surface area contributed by atoms with Crippen molar-refractivity contribution in [2.75, 3.05) is 13.7 Å². The van der Waals surface area contributed by atoms with Crippen molar-refractivity contribution in [3.8, 4) is 0 Å². The van der Waals surface area contributed by atoms with E-state index in [1.54, 1.807) is 38.6 Å². The fourth-order valence-corrected chi connectivity index (χ4v) is 1.74. The number of pyridine rings is 1. The molecular formula is C12H18N2O3. The quantitative estimate of drug-likeness (QED) is 0.773. The van der Waals surface area contributed by atoms with Gasteiger partial charge in [-0.05, 0) is 31.5 Å². The van der Waals surface area contributed by atoms with E-state index in [1.165, 1.54) is 0 Å². The predicted octanol–water partition coefficient (Wildman–Crippen LogP) is 1.01. The van der Waals surface area contributed by atoms with Gasteiger partial charge in [-0.1, -0.05) is 0 Å². The largest absolute Gasteiger partial charge is 0.480 e. The van der Waals surface area contributed by atoms with Crippen LogP contribution in [0.1, 0.15) is 19.4 Å². The lowest BCUT2D eigenvalue weighted by molar-refractivity contribution is -0.145. The lowest BCUT2D eigenvalue weighted by Crippen LogP contribution is -2.51. The zero-order valence-corrected chi connectivity index (χ0v) is 10.3. The summed E-state index contributed by atoms with van der Waals surface area (Å²) < 4.78 is 5.00. The standard InChI is InChI=1S/C12H18N2O3/c1-9(8-17-3)14-12(2,11(15)16)10-4-6-13-7-5-10/h4-7,9,14H,8H2,1-3H3,(H,15,16). The lowest BCUT2D eigenvalue weighted by Gasteiger charge is -2.30. The molecule has 0 radical (unpaired) electrons. The summed E-state index contributed by atoms with van der Waals surface area (Å²) in [5.74, 6) is -0.924. The van der Waals surface area contributed by atoms with E-state index in [0.717, 1.165) is 0 Å². The molecule has 0 aliphatic heterocycles. The average Bonchev–Trinajstić information content (AvgIpc) is 2.30. The molecule has 1 rings (SSSR count). The minimum atomic E-state index is -1.14. The zero-order chi connectivity index (χ0) is 12.9. The highest BCUT2D eigenvalue weighted by atomic mass is 16.5. The number of aromatic nitrogens is 1. The Bertz CT molecular complexity index is 369. The van der Waals surface area contributed by atoms with Gasteiger partial charge in [-0.25, -0.2) is 4.79 Å². The Balaban J connectivity index is 2.94. The molecule has 2 atom stereocenters. The molecule has 0 aromatic carbocycles. The number of carboxylic acid groups (broad SMARTS) is 1. The second-order valence-electron chi connectivity index (χ2n) is 4.17. The Morgan fingerprint density at radius 1 is 1.59 bits per heavy atom. The first-order valence-corrected chi connectivity index (χ1v) is 5.41. The third-order valence-electron chi connectivity index (χ3n) is 2.64. The van der Waals surface area contributed by atoms with Gasteiger partial charge in [0, 0.05) is 25.5 Å². The molecule has 0 amide bonds. The van der Waals surface area contributed by atoms with Crippen LogP contribution in [0, 0.1) is 0 Å². The first-order valence-electron chi connectivity index (χ1n) is 5.41. The number of hydrogen-bond acceptors (Lipinski definition) is 4. The van der Waals surface area contributed by atoms with E-state index in [9.17, 15) is 9.90 Å². The molecule has 0 fully saturated rings. The molecule has 1 heterocycles. The van der Waals surface area contributed by atoms with Crippen molar-refractivity contribution in [2.45, 2.75) is 25.4 Å². The van der Waals surface area contributed by atoms with Crippen LogP contribution < -0.4 is 5.32 Å². The van der Waals surface area contributed by atoms with Gasteiger partial charge in [-0.3, -0.25) is 10.3 Å². The molecule has 1 aromatic rings. The molecule has 94 valence electrons. The zero-order valence-electron chi connectivity index (χ0n) is 10.3. The van der Waals surface area contributed by atoms with E-state index in [1.807, 2.05) is 6.92 Å². The highest BCUT2D eigenvalue weighted by Crippen LogP contribution is 2.21. The Labute approximate surface area is 101 Å². The fraction of sp³-hybridized carbons (Fsp3) is 0.500. The van der Waals surface area contributed by atoms with E-state index in [0.29, 0.717) is 12.2 Å². The summed E-state index contributed by atoms with van der Waals surface area (Å²) in [6, 6.07) is 3.33. The summed E-state index contributed by atoms with van der Waals surface area (Å²) in [5, 5.41) is 12.4. The van der Waals surface area contributed by atoms with Gasteiger partial charge >= 0.3 is 5.97 Å². The third kappa shape index (κ3) is 3.25. The smallest absolute Gasteiger partial charge is 0.328 e. The van der Waals surface area contributed by atoms with Crippen molar-refractivity contribution in [1.82, 2.24) is 10.3 Å². The van der Waals surface area contributed by atoms with E-state index >= 15 is 0 Å². The minimum Gasteiger partial charge on any atom is -0.480 e. The monoisotopic (exact) mass is 238 g/mol. The SMILES string of the molecule is COCC(C)NC(C)(C(=O)O)c1ccncc1. The molecule has 0 saturated heterocycles. The molecule has 5 heteroatoms. The summed E-state index contributed by atoms with van der Waals surface area (Å²) in [4.78, 5) is 15.3. The Kier molecular flexibility index (Phi) is 4.60. The lowest BCUT2D eigenvalue weighted by atomic mass is 9.92. The number of rotatable bonds is 6. The molecule has 0 spiro atoms. The normalized spacial score (nSPS) is 16.2. The van der Waals surface area contributed by atoms with Crippen LogP contribution >= 0.6 is 0 Å². The van der Waals surface area contributed by atoms with Crippen LogP contribution in [0.25, 0.3) is 0 Å². The van der Waals surface area contributed by atoms with Gasteiger partial charge < -0.3 is 9.84 Å². The summed E-state index contributed by atoms with van der Waals surface area (Å²) in [7, 11) is 1.59. The summed E-state index contributed by atoms with van der Waals surface area (Å²) in [6.45, 7) is 3.97. The number of nitrogens with zero attached hydrogens (tertiary/aromatic N) is 1. The van der Waals surface area contributed by atoms with Crippen molar-refractivity contribution < 1.29 is 14.6 Å². The average molecular weight is 238 g/mol. The number of methoxy groups -OCH3 is 1. The van der Waals surface area contributed by atoms with Gasteiger partial charge in [0.2, 0.25) is 0 Å². The number of nitrogens with one attached hydrogen (secondary N) is 1. The van der Waals surface area contributed by atoms with Gasteiger partial charge in [-0.15, -0.1) is 0 Å². The number of carboxylic acids is 1. The topological polar surface area (TPSA) is 71.5 Å². The second-order valence-corrected chi connectivity index (χ2v) is 4.17. The third-order valence-corrected chi connectivity index (χ3v) is 2.64. The Morgan fingerprint density at radius 2 is 2.18 bits per heavy atom. The van der Waals surface area contributed by atoms with Crippen LogP contribution in [0.5, 0.6) is 0 Å². The molecule has 2 unspecified atom stereocenters. The van der Waals surface area contributed by atoms with Gasteiger partial charge in [-0.2, -0.15) is 0 Å². The van der Waals surface area contributed by atoms with Crippen LogP contribution in [0.3, 0.4) is 0 Å². The van der Waals surface area contributed by atoms with Crippen molar-refractivity contribution in [3.05, 3.63) is 30.1 Å². The molecule has 0 bridgehead atoms. The fourth-order valence-electron chi connectivity index (χ4n) is 1.74. The molecule has 0 saturated carbocycles. The number of aliphatic carboxylic acids is 1. The van der Waals surface area contributed by atoms with E-state index in [-0.39, 0.29) is 6.04 Å². The first kappa shape index (κ1) is 13.6. The maximum atomic E-state index is 11.4. The van der Waals surface area contributed by atoms with E-state index in [4.69, 9.17) is 4.74 Å². The van der Waals surface area contributed by atoms with Gasteiger partial charge in [0.1, 0.15) is 5.54 Å². The van der Waals surface area contributed by atoms with Gasteiger partial charge in [0.15, 0.2) is 0 Å². The van der Waals surface area contributed by atoms with Crippen molar-refractivity contribution in [1.29, 1.82) is 0 Å². The van der Waals surface area contributed by atoms with Crippen LogP contribution in [-0.2, 0) is 15.1 Å². The Hall–Kier alpha value is -1.46. The van der Waals surface area contributed by atoms with Crippen molar-refractivity contribution >= 4 is 5.97 Å². The molecule has 1 aromatic heterocycles. The molecular weight excluding hydrogens is 220 g/mol. The van der Waals surface area contributed by atoms with Crippen LogP contribution in [0.15, 0.2) is 24.5 Å². The molecule has 2 N–H and O–H groups in total. The van der Waals surface area contributed by atoms with Crippen LogP contribution in [0.4, 0.5) is 0 Å². The summed E-state index contributed by atoms with van der Waals surface area (Å²) >= 11 is 0. The first-order chi connectivity index (χ1) is 8.00. The highest BCUT2D eigenvalue weighted by Gasteiger charge is 2.36. The number of carbonyl (C=O) groups is 1. The molecule has 0 aliphatic carbocycles. The van der Waals surface area contributed by atoms with Crippen LogP contribution in [-0.4, -0.2) is 35.8 Å². The minimum absolute atomic E-state index is 0.0609. The predicted molar refractivity (Wildman–Crippen MR) is 63.7 cm³/mol. The van der Waals surface area contributed by atoms with Crippen LogP contribution in [0.2, 0.25) is 0 Å². The maximum absolute atomic E-state index is 11.4. The Morgan fingerprint density at radius 3 is 2.65 bits per heavy atom. The molecule has 0 aliphatic rings. The number of ether oxygens (including phenoxy) is 1. The molecule has 5 nitrogen and oxygen atoms in total. The van der Waals surface area contributed by atoms with Crippen molar-refractivity contribution in [2.24, 2.45) is 0 Å². The van der Waals surface area contributed by atoms with Crippen molar-refractivity contribution in [3.63, 3.8) is 0 Å². The summed E-state index contributed by atoms with van der Waals surface area (Å²) in [5.41, 5.74) is -0.469. The van der Waals surface area contributed by atoms with E-state index < -0.39 is 11.5 Å².